The molecular weight excluding hydrogens is 1830 g/mol. The summed E-state index contributed by atoms with van der Waals surface area (Å²) in [6, 6.07) is 157. The first-order valence-electron chi connectivity index (χ1n) is 41.5. The van der Waals surface area contributed by atoms with E-state index in [2.05, 4.69) is 435 Å². The van der Waals surface area contributed by atoms with E-state index >= 15 is 0 Å². The first-order chi connectivity index (χ1) is 62.2. The first kappa shape index (κ1) is 84.0. The molecule has 0 saturated heterocycles. The Balaban J connectivity index is 0.000000115. The molecule has 0 atom stereocenters. The third kappa shape index (κ3) is 17.8. The Kier molecular flexibility index (Phi) is 25.6. The normalized spacial score (nSPS) is 11.0. The highest BCUT2D eigenvalue weighted by atomic mass is 127. The maximum Gasteiger partial charge on any atom is 0.159 e. The predicted molar refractivity (Wildman–Crippen MR) is 563 cm³/mol. The minimum Gasteiger partial charge on any atom is -0.454 e. The van der Waals surface area contributed by atoms with Crippen molar-refractivity contribution in [3.63, 3.8) is 0 Å². The topological polar surface area (TPSA) is 80.7 Å². The third-order valence-corrected chi connectivity index (χ3v) is 25.8. The van der Waals surface area contributed by atoms with Crippen LogP contribution in [0.4, 0.5) is 34.1 Å². The van der Waals surface area contributed by atoms with Crippen molar-refractivity contribution in [3.8, 4) is 66.8 Å². The second kappa shape index (κ2) is 38.7. The van der Waals surface area contributed by atoms with Crippen molar-refractivity contribution in [3.05, 3.63) is 458 Å². The summed E-state index contributed by atoms with van der Waals surface area (Å²) in [5.74, 6) is 0. The predicted octanol–water partition coefficient (Wildman–Crippen LogP) is 36.9. The number of furan rings is 3. The highest BCUT2D eigenvalue weighted by molar-refractivity contribution is 14.1. The van der Waals surface area contributed by atoms with Crippen LogP contribution in [0.1, 0.15) is 7.43 Å². The first-order valence-corrected chi connectivity index (χ1v) is 46.9. The summed E-state index contributed by atoms with van der Waals surface area (Å²) >= 11 is 12.8. The molecule has 127 heavy (non-hydrogen) atoms. The molecule has 11 heteroatoms. The van der Waals surface area contributed by atoms with Crippen molar-refractivity contribution >= 4 is 217 Å². The summed E-state index contributed by atoms with van der Waals surface area (Å²) < 4.78 is 25.9. The van der Waals surface area contributed by atoms with Crippen molar-refractivity contribution < 1.29 is 13.3 Å². The minimum absolute atomic E-state index is 0. The molecule has 0 aliphatic rings. The molecule has 3 N–H and O–H groups in total. The van der Waals surface area contributed by atoms with Crippen LogP contribution in [-0.2, 0) is 0 Å². The van der Waals surface area contributed by atoms with Crippen LogP contribution < -0.4 is 16.0 Å². The second-order valence-electron chi connectivity index (χ2n) is 30.2. The molecule has 0 saturated carbocycles. The summed E-state index contributed by atoms with van der Waals surface area (Å²) in [6.07, 6.45) is 0. The number of alkyl halides is 1. The van der Waals surface area contributed by atoms with Crippen LogP contribution in [0.2, 0.25) is 0 Å². The van der Waals surface area contributed by atoms with E-state index in [1.54, 1.807) is 0 Å². The molecule has 0 amide bonds. The fourth-order valence-electron chi connectivity index (χ4n) is 16.6. The zero-order valence-electron chi connectivity index (χ0n) is 68.4. The van der Waals surface area contributed by atoms with Gasteiger partial charge in [-0.05, 0) is 181 Å². The highest BCUT2D eigenvalue weighted by Crippen LogP contribution is 2.47. The third-order valence-electron chi connectivity index (χ3n) is 22.5. The number of nitrogen functional groups attached to an aromatic ring is 1. The number of hydrogen-bond donors (Lipinski definition) is 2. The number of fused-ring (bicyclic) bond motifs is 15. The Morgan fingerprint density at radius 3 is 1.06 bits per heavy atom. The van der Waals surface area contributed by atoms with Gasteiger partial charge in [-0.15, -0.1) is 22.7 Å². The molecule has 24 rings (SSSR count). The molecule has 0 radical (unpaired) electrons. The van der Waals surface area contributed by atoms with Gasteiger partial charge in [-0.2, -0.15) is 0 Å². The molecular formula is C116H84Br2IN3O3S2. The van der Waals surface area contributed by atoms with Crippen LogP contribution in [0.15, 0.2) is 471 Å². The van der Waals surface area contributed by atoms with Crippen molar-refractivity contribution in [2.24, 2.45) is 0 Å². The quantitative estimate of drug-likeness (QED) is 0.0763. The minimum atomic E-state index is 0. The number of anilines is 6. The molecule has 0 aliphatic heterocycles. The lowest BCUT2D eigenvalue weighted by Gasteiger charge is -2.26. The highest BCUT2D eigenvalue weighted by Gasteiger charge is 2.22. The standard InChI is InChI=1S/C42H27NOS.C30H21NO.C18H13Br.C12H7BrS.C12H9NO.CH3I.CH4/c1-2-11-28(12-3-1)32-13-4-5-14-33(32)29-21-23-30(24-22-29)43(31-25-26-36-35-16-7-9-20-40(35)45-41(36)27-31)38-18-10-17-37-34-15-6-8-19-39(34)44-42(37)38;1-2-9-21(10-3-1)24-11-4-5-12-25(24)22-17-19-23(20-18-22)31-28-15-8-14-27-26-13-6-7-16-29(26)32-30(27)28;19-16-12-10-15(11-13-16)18-9-5-4-8-17(18)14-6-2-1-3-7-14;13-8-5-6-10-9-3-1-2-4-11(9)14-12(10)7-8;13-10-6-3-5-9-8-4-1-2-7-11(8)14-12(9)10;1-2;/h1-27H;1-20,31H;1-13H;1-7H;1-7H,13H2;1H3;1H4. The van der Waals surface area contributed by atoms with Gasteiger partial charge in [0.25, 0.3) is 0 Å². The van der Waals surface area contributed by atoms with Crippen LogP contribution in [-0.4, -0.2) is 4.93 Å². The number of nitrogens with zero attached hydrogens (tertiary/aromatic N) is 1. The molecule has 19 aromatic carbocycles. The maximum absolute atomic E-state index is 6.56. The van der Waals surface area contributed by atoms with Crippen LogP contribution in [0, 0.1) is 0 Å². The van der Waals surface area contributed by atoms with Crippen molar-refractivity contribution in [2.45, 2.75) is 7.43 Å². The number of thiophene rings is 2. The summed E-state index contributed by atoms with van der Waals surface area (Å²) in [7, 11) is 0. The smallest absolute Gasteiger partial charge is 0.159 e. The van der Waals surface area contributed by atoms with E-state index in [-0.39, 0.29) is 7.43 Å². The Hall–Kier alpha value is -13.9. The largest absolute Gasteiger partial charge is 0.454 e. The van der Waals surface area contributed by atoms with Gasteiger partial charge in [-0.1, -0.05) is 402 Å². The van der Waals surface area contributed by atoms with Gasteiger partial charge in [0.2, 0.25) is 0 Å². The van der Waals surface area contributed by atoms with Gasteiger partial charge >= 0.3 is 0 Å². The van der Waals surface area contributed by atoms with Crippen molar-refractivity contribution in [1.82, 2.24) is 0 Å². The fourth-order valence-corrected chi connectivity index (χ4v) is 19.7. The van der Waals surface area contributed by atoms with Gasteiger partial charge in [0.1, 0.15) is 16.7 Å². The number of rotatable bonds is 11. The Morgan fingerprint density at radius 1 is 0.260 bits per heavy atom. The molecule has 5 heterocycles. The van der Waals surface area contributed by atoms with Crippen LogP contribution in [0.25, 0.3) is 173 Å². The zero-order chi connectivity index (χ0) is 85.2. The van der Waals surface area contributed by atoms with E-state index in [0.29, 0.717) is 5.69 Å². The second-order valence-corrected chi connectivity index (χ2v) is 34.2. The van der Waals surface area contributed by atoms with E-state index in [4.69, 9.17) is 19.0 Å². The lowest BCUT2D eigenvalue weighted by molar-refractivity contribution is 0.669. The molecule has 0 fully saturated rings. The molecule has 614 valence electrons. The average molecular weight is 1920 g/mol. The van der Waals surface area contributed by atoms with Crippen molar-refractivity contribution in [1.29, 1.82) is 0 Å². The molecule has 0 spiro atoms. The van der Waals surface area contributed by atoms with Crippen LogP contribution in [0.3, 0.4) is 0 Å². The summed E-state index contributed by atoms with van der Waals surface area (Å²) in [5.41, 5.74) is 31.7. The molecule has 0 bridgehead atoms. The van der Waals surface area contributed by atoms with Crippen molar-refractivity contribution in [2.75, 3.05) is 20.9 Å². The molecule has 0 aliphatic carbocycles. The molecule has 0 unspecified atom stereocenters. The molecule has 5 aromatic heterocycles. The number of nitrogens with one attached hydrogen (secondary N) is 1. The Bertz CT molecular complexity index is 7950. The monoisotopic (exact) mass is 1920 g/mol. The Morgan fingerprint density at radius 2 is 0.583 bits per heavy atom. The van der Waals surface area contributed by atoms with E-state index in [9.17, 15) is 0 Å². The van der Waals surface area contributed by atoms with E-state index in [1.807, 2.05) is 106 Å². The van der Waals surface area contributed by atoms with Gasteiger partial charge in [0.15, 0.2) is 16.7 Å². The summed E-state index contributed by atoms with van der Waals surface area (Å²) in [4.78, 5) is 4.30. The maximum atomic E-state index is 6.56. The van der Waals surface area contributed by atoms with Gasteiger partial charge in [0, 0.05) is 98.7 Å². The van der Waals surface area contributed by atoms with Crippen LogP contribution in [0.5, 0.6) is 0 Å². The lowest BCUT2D eigenvalue weighted by Crippen LogP contribution is -2.10. The Labute approximate surface area is 776 Å². The van der Waals surface area contributed by atoms with E-state index in [1.165, 1.54) is 107 Å². The summed E-state index contributed by atoms with van der Waals surface area (Å²) in [5, 5.41) is 15.6. The molecule has 24 aromatic rings. The van der Waals surface area contributed by atoms with Gasteiger partial charge in [-0.25, -0.2) is 0 Å². The number of halogens is 3. The SMILES string of the molecule is Brc1ccc(-c2ccccc2-c2ccccc2)cc1.Brc1ccc2c(c1)sc1ccccc12.C.CI.Nc1cccc2c1oc1ccccc12.c1ccc(-c2ccccc2-c2ccc(N(c3ccc4c(c3)sc3ccccc34)c3cccc4c3oc3ccccc34)cc2)cc1.c1ccc(-c2ccccc2-c2ccc(Nc3cccc4c3oc3ccccc34)cc2)cc1. The molecule has 6 nitrogen and oxygen atoms in total. The number of nitrogens with two attached hydrogens (primary N) is 1. The average Bonchev–Trinajstić information content (AvgIpc) is 1.60. The van der Waals surface area contributed by atoms with Gasteiger partial charge in [-0.3, -0.25) is 0 Å². The van der Waals surface area contributed by atoms with Gasteiger partial charge in [0.05, 0.1) is 17.1 Å². The fraction of sp³-hybridized carbons (Fsp3) is 0.0172. The number of hydrogen-bond acceptors (Lipinski definition) is 8. The number of benzene rings is 19. The lowest BCUT2D eigenvalue weighted by atomic mass is 9.94. The van der Waals surface area contributed by atoms with E-state index in [0.717, 1.165) is 103 Å². The zero-order valence-corrected chi connectivity index (χ0v) is 75.4. The number of para-hydroxylation sites is 6. The van der Waals surface area contributed by atoms with Crippen LogP contribution >= 0.6 is 77.1 Å². The van der Waals surface area contributed by atoms with E-state index < -0.39 is 0 Å². The summed E-state index contributed by atoms with van der Waals surface area (Å²) in [6.45, 7) is 0. The van der Waals surface area contributed by atoms with Gasteiger partial charge < -0.3 is 29.2 Å².